The van der Waals surface area contributed by atoms with E-state index in [1.807, 2.05) is 20.0 Å². The fourth-order valence-electron chi connectivity index (χ4n) is 3.72. The fourth-order valence-corrected chi connectivity index (χ4v) is 3.72. The van der Waals surface area contributed by atoms with Gasteiger partial charge in [-0.25, -0.2) is 5.53 Å². The van der Waals surface area contributed by atoms with Crippen molar-refractivity contribution in [1.82, 2.24) is 26.8 Å². The Labute approximate surface area is 153 Å². The molecule has 3 rings (SSSR count). The van der Waals surface area contributed by atoms with Gasteiger partial charge in [-0.15, -0.1) is 10.6 Å². The van der Waals surface area contributed by atoms with Crippen LogP contribution in [-0.2, 0) is 11.2 Å². The lowest BCUT2D eigenvalue weighted by Crippen LogP contribution is -2.42. The molecule has 2 aliphatic rings. The molecule has 0 aromatic carbocycles. The molecule has 0 bridgehead atoms. The molecule has 26 heavy (non-hydrogen) atoms. The van der Waals surface area contributed by atoms with Crippen LogP contribution < -0.4 is 21.8 Å². The SMILES string of the molecule is CC(C)CC(C(=O)O)C(Cc1ccc(C2CCNC2)nc1)C1=NNNN1. The number of pyridine rings is 1. The maximum Gasteiger partial charge on any atom is 0.307 e. The number of carbonyl (C=O) groups is 1. The van der Waals surface area contributed by atoms with Crippen LogP contribution in [0.2, 0.25) is 0 Å². The van der Waals surface area contributed by atoms with Gasteiger partial charge in [0.1, 0.15) is 5.84 Å². The minimum atomic E-state index is -0.790. The number of hydrogen-bond acceptors (Lipinski definition) is 7. The number of aliphatic carboxylic acids is 1. The third-order valence-corrected chi connectivity index (χ3v) is 5.08. The molecule has 0 radical (unpaired) electrons. The minimum absolute atomic E-state index is 0.252. The van der Waals surface area contributed by atoms with Crippen LogP contribution in [0.25, 0.3) is 0 Å². The Kier molecular flexibility index (Phi) is 6.05. The standard InChI is InChI=1S/C18H28N6O2/c1-11(2)7-15(18(25)26)14(17-21-23-24-22-17)8-12-3-4-16(20-9-12)13-5-6-19-10-13/h3-4,9,11,13-15,19,23-24H,5-8,10H2,1-2H3,(H,21,22)(H,25,26). The second-order valence-electron chi connectivity index (χ2n) is 7.52. The second-order valence-corrected chi connectivity index (χ2v) is 7.52. The summed E-state index contributed by atoms with van der Waals surface area (Å²) in [4.78, 5) is 16.5. The highest BCUT2D eigenvalue weighted by Crippen LogP contribution is 2.27. The topological polar surface area (TPSA) is 111 Å². The second kappa shape index (κ2) is 8.46. The van der Waals surface area contributed by atoms with E-state index in [4.69, 9.17) is 0 Å². The molecule has 3 unspecified atom stereocenters. The molecule has 0 amide bonds. The van der Waals surface area contributed by atoms with Crippen molar-refractivity contribution in [3.05, 3.63) is 29.6 Å². The van der Waals surface area contributed by atoms with Gasteiger partial charge in [0.05, 0.1) is 5.92 Å². The van der Waals surface area contributed by atoms with E-state index in [-0.39, 0.29) is 11.8 Å². The van der Waals surface area contributed by atoms with E-state index in [1.54, 1.807) is 0 Å². The molecular formula is C18H28N6O2. The van der Waals surface area contributed by atoms with Crippen molar-refractivity contribution in [1.29, 1.82) is 0 Å². The summed E-state index contributed by atoms with van der Waals surface area (Å²) in [6, 6.07) is 4.14. The molecule has 142 valence electrons. The first-order chi connectivity index (χ1) is 12.5. The highest BCUT2D eigenvalue weighted by atomic mass is 16.4. The van der Waals surface area contributed by atoms with Crippen molar-refractivity contribution >= 4 is 11.8 Å². The molecular weight excluding hydrogens is 332 g/mol. The number of amidine groups is 1. The Balaban J connectivity index is 1.77. The summed E-state index contributed by atoms with van der Waals surface area (Å²) in [5.41, 5.74) is 10.4. The van der Waals surface area contributed by atoms with E-state index < -0.39 is 11.9 Å². The van der Waals surface area contributed by atoms with Crippen LogP contribution in [0.1, 0.15) is 43.9 Å². The van der Waals surface area contributed by atoms with Crippen LogP contribution >= 0.6 is 0 Å². The number of nitrogens with one attached hydrogen (secondary N) is 4. The summed E-state index contributed by atoms with van der Waals surface area (Å²) >= 11 is 0. The monoisotopic (exact) mass is 360 g/mol. The number of nitrogens with zero attached hydrogens (tertiary/aromatic N) is 2. The first kappa shape index (κ1) is 18.6. The van der Waals surface area contributed by atoms with E-state index in [2.05, 4.69) is 44.0 Å². The van der Waals surface area contributed by atoms with Gasteiger partial charge in [0, 0.05) is 30.3 Å². The number of carboxylic acids is 1. The van der Waals surface area contributed by atoms with E-state index in [9.17, 15) is 9.90 Å². The summed E-state index contributed by atoms with van der Waals surface area (Å²) in [7, 11) is 0. The van der Waals surface area contributed by atoms with E-state index in [0.717, 1.165) is 30.8 Å². The molecule has 0 saturated carbocycles. The van der Waals surface area contributed by atoms with Gasteiger partial charge in [-0.1, -0.05) is 19.9 Å². The molecule has 8 heteroatoms. The number of rotatable bonds is 8. The average Bonchev–Trinajstić information content (AvgIpc) is 3.31. The van der Waals surface area contributed by atoms with Gasteiger partial charge < -0.3 is 10.4 Å². The quantitative estimate of drug-likeness (QED) is 0.470. The highest BCUT2D eigenvalue weighted by molar-refractivity contribution is 5.89. The number of carboxylic acid groups (broad SMARTS) is 1. The van der Waals surface area contributed by atoms with Crippen LogP contribution in [0.5, 0.6) is 0 Å². The normalized spacial score (nSPS) is 21.8. The van der Waals surface area contributed by atoms with Crippen LogP contribution in [-0.4, -0.2) is 35.0 Å². The van der Waals surface area contributed by atoms with Gasteiger partial charge in [0.25, 0.3) is 0 Å². The van der Waals surface area contributed by atoms with Crippen molar-refractivity contribution in [3.8, 4) is 0 Å². The summed E-state index contributed by atoms with van der Waals surface area (Å²) in [5, 5.41) is 17.3. The Morgan fingerprint density at radius 1 is 1.38 bits per heavy atom. The minimum Gasteiger partial charge on any atom is -0.481 e. The molecule has 1 aromatic rings. The maximum absolute atomic E-state index is 11.9. The Morgan fingerprint density at radius 2 is 2.23 bits per heavy atom. The Hall–Kier alpha value is -2.19. The molecule has 2 aliphatic heterocycles. The zero-order valence-electron chi connectivity index (χ0n) is 15.3. The average molecular weight is 360 g/mol. The van der Waals surface area contributed by atoms with Gasteiger partial charge in [-0.2, -0.15) is 0 Å². The maximum atomic E-state index is 11.9. The Bertz CT molecular complexity index is 640. The molecule has 3 atom stereocenters. The van der Waals surface area contributed by atoms with Crippen molar-refractivity contribution in [2.45, 2.75) is 39.0 Å². The number of hydrazone groups is 1. The molecule has 3 heterocycles. The smallest absolute Gasteiger partial charge is 0.307 e. The molecule has 5 N–H and O–H groups in total. The highest BCUT2D eigenvalue weighted by Gasteiger charge is 2.34. The molecule has 8 nitrogen and oxygen atoms in total. The lowest BCUT2D eigenvalue weighted by atomic mass is 9.81. The number of hydrogen-bond donors (Lipinski definition) is 5. The van der Waals surface area contributed by atoms with Gasteiger partial charge in [0.15, 0.2) is 0 Å². The molecule has 0 aliphatic carbocycles. The molecule has 1 saturated heterocycles. The van der Waals surface area contributed by atoms with Crippen LogP contribution in [0.4, 0.5) is 0 Å². The molecule has 0 spiro atoms. The van der Waals surface area contributed by atoms with Crippen molar-refractivity contribution < 1.29 is 9.90 Å². The zero-order valence-corrected chi connectivity index (χ0v) is 15.3. The summed E-state index contributed by atoms with van der Waals surface area (Å²) in [5.74, 6) is -0.164. The molecule has 1 fully saturated rings. The third-order valence-electron chi connectivity index (χ3n) is 5.08. The lowest BCUT2D eigenvalue weighted by Gasteiger charge is -2.25. The summed E-state index contributed by atoms with van der Waals surface area (Å²) in [6.07, 6.45) is 4.17. The van der Waals surface area contributed by atoms with Gasteiger partial charge in [0.2, 0.25) is 0 Å². The zero-order chi connectivity index (χ0) is 18.5. The van der Waals surface area contributed by atoms with Gasteiger partial charge in [-0.05, 0) is 43.4 Å². The summed E-state index contributed by atoms with van der Waals surface area (Å²) in [6.45, 7) is 6.10. The predicted octanol–water partition coefficient (Wildman–Crippen LogP) is 0.990. The predicted molar refractivity (Wildman–Crippen MR) is 99.1 cm³/mol. The number of aromatic nitrogens is 1. The van der Waals surface area contributed by atoms with Gasteiger partial charge >= 0.3 is 5.97 Å². The first-order valence-corrected chi connectivity index (χ1v) is 9.26. The van der Waals surface area contributed by atoms with E-state index >= 15 is 0 Å². The van der Waals surface area contributed by atoms with Gasteiger partial charge in [-0.3, -0.25) is 15.2 Å². The van der Waals surface area contributed by atoms with Crippen molar-refractivity contribution in [2.24, 2.45) is 22.9 Å². The molecule has 1 aromatic heterocycles. The van der Waals surface area contributed by atoms with Crippen LogP contribution in [0, 0.1) is 17.8 Å². The number of hydrazine groups is 2. The van der Waals surface area contributed by atoms with Crippen molar-refractivity contribution in [2.75, 3.05) is 13.1 Å². The van der Waals surface area contributed by atoms with Crippen LogP contribution in [0.15, 0.2) is 23.4 Å². The van der Waals surface area contributed by atoms with E-state index in [0.29, 0.717) is 24.6 Å². The largest absolute Gasteiger partial charge is 0.481 e. The lowest BCUT2D eigenvalue weighted by molar-refractivity contribution is -0.143. The van der Waals surface area contributed by atoms with Crippen molar-refractivity contribution in [3.63, 3.8) is 0 Å². The van der Waals surface area contributed by atoms with E-state index in [1.165, 1.54) is 0 Å². The van der Waals surface area contributed by atoms with Crippen LogP contribution in [0.3, 0.4) is 0 Å². The third kappa shape index (κ3) is 4.50. The fraction of sp³-hybridized carbons (Fsp3) is 0.611. The summed E-state index contributed by atoms with van der Waals surface area (Å²) < 4.78 is 0. The first-order valence-electron chi connectivity index (χ1n) is 9.26. The Morgan fingerprint density at radius 3 is 2.77 bits per heavy atom.